The van der Waals surface area contributed by atoms with E-state index in [-0.39, 0.29) is 41.1 Å². The van der Waals surface area contributed by atoms with Crippen molar-refractivity contribution in [3.63, 3.8) is 0 Å². The molecule has 9 rings (SSSR count). The summed E-state index contributed by atoms with van der Waals surface area (Å²) in [5.74, 6) is 0. The molecule has 366 valence electrons. The van der Waals surface area contributed by atoms with Crippen LogP contribution in [0.1, 0.15) is 184 Å². The molecule has 4 aliphatic heterocycles. The van der Waals surface area contributed by atoms with E-state index in [4.69, 9.17) is 38.6 Å². The van der Waals surface area contributed by atoms with Gasteiger partial charge in [-0.25, -0.2) is 9.97 Å². The Morgan fingerprint density at radius 3 is 0.944 bits per heavy atom. The van der Waals surface area contributed by atoms with Crippen LogP contribution < -0.4 is 20.9 Å². The van der Waals surface area contributed by atoms with Crippen molar-refractivity contribution in [2.45, 2.75) is 183 Å². The van der Waals surface area contributed by atoms with Crippen LogP contribution in [-0.2, 0) is 59.8 Å². The fourth-order valence-electron chi connectivity index (χ4n) is 9.40. The van der Waals surface area contributed by atoms with Crippen molar-refractivity contribution < 1.29 is 38.1 Å². The predicted molar refractivity (Wildman–Crippen MR) is 294 cm³/mol. The minimum atomic E-state index is -0.751. The Kier molecular flexibility index (Phi) is 13.0. The number of aromatic nitrogens is 4. The largest absolute Gasteiger partial charge is 2.00 e. The maximum Gasteiger partial charge on any atom is 2.00 e. The smallest absolute Gasteiger partial charge is 0.658 e. The Labute approximate surface area is 437 Å². The van der Waals surface area contributed by atoms with E-state index in [1.54, 1.807) is 0 Å². The van der Waals surface area contributed by atoms with Crippen molar-refractivity contribution >= 4 is 71.5 Å². The number of fused-ring (bicyclic) bond motifs is 8. The van der Waals surface area contributed by atoms with E-state index in [0.29, 0.717) is 0 Å². The van der Waals surface area contributed by atoms with Crippen LogP contribution in [-0.4, -0.2) is 46.6 Å². The summed E-state index contributed by atoms with van der Waals surface area (Å²) >= 11 is 0. The van der Waals surface area contributed by atoms with Crippen LogP contribution in [0, 0.1) is 0 Å². The number of hydrogen-bond acceptors (Lipinski definition) is 6. The summed E-state index contributed by atoms with van der Waals surface area (Å²) in [6.07, 6.45) is 8.40. The molecule has 0 amide bonds. The third-order valence-corrected chi connectivity index (χ3v) is 15.6. The van der Waals surface area contributed by atoms with Gasteiger partial charge >= 0.3 is 33.7 Å². The van der Waals surface area contributed by atoms with Crippen molar-refractivity contribution in [2.75, 3.05) is 0 Å². The van der Waals surface area contributed by atoms with Gasteiger partial charge in [-0.1, -0.05) is 144 Å². The Bertz CT molecular complexity index is 2910. The Morgan fingerprint density at radius 2 is 0.648 bits per heavy atom. The van der Waals surface area contributed by atoms with Crippen molar-refractivity contribution in [3.8, 4) is 22.3 Å². The van der Waals surface area contributed by atoms with Crippen LogP contribution >= 0.6 is 0 Å². The van der Waals surface area contributed by atoms with Crippen LogP contribution in [0.5, 0.6) is 0 Å². The molecule has 71 heavy (non-hydrogen) atoms. The minimum Gasteiger partial charge on any atom is -0.658 e. The molecule has 8 nitrogen and oxygen atoms in total. The van der Waals surface area contributed by atoms with Gasteiger partial charge in [0, 0.05) is 5.46 Å². The maximum absolute atomic E-state index is 6.91. The summed E-state index contributed by atoms with van der Waals surface area (Å²) in [5.41, 5.74) is 13.5. The summed E-state index contributed by atoms with van der Waals surface area (Å²) in [7, 11) is -1.50. The van der Waals surface area contributed by atoms with E-state index < -0.39 is 36.6 Å². The van der Waals surface area contributed by atoms with Crippen LogP contribution in [0.15, 0.2) is 60.7 Å². The fraction of sp³-hybridized carbons (Fsp3) is 0.467. The summed E-state index contributed by atoms with van der Waals surface area (Å²) in [6, 6.07) is 22.4. The molecule has 0 saturated carbocycles. The summed E-state index contributed by atoms with van der Waals surface area (Å²) in [4.78, 5) is 22.3. The molecule has 5 aromatic rings. The third-order valence-electron chi connectivity index (χ3n) is 15.6. The first-order valence-electron chi connectivity index (χ1n) is 25.2. The molecule has 0 spiro atoms. The van der Waals surface area contributed by atoms with Crippen molar-refractivity contribution in [1.82, 2.24) is 19.9 Å². The van der Waals surface area contributed by atoms with Gasteiger partial charge in [0.1, 0.15) is 0 Å². The van der Waals surface area contributed by atoms with E-state index in [1.807, 2.05) is 0 Å². The van der Waals surface area contributed by atoms with Gasteiger partial charge in [0.15, 0.2) is 0 Å². The van der Waals surface area contributed by atoms with Crippen LogP contribution in [0.3, 0.4) is 0 Å². The molecule has 0 radical (unpaired) electrons. The SMILES string of the molecule is CC(C)(C)c1cc(-c2c3nc(c(B4OC(C)(C)C(C)(C)O4)c4nc(c(-c5cc(C(C)(C)C)cc(C(C)(C)C)c5)c5ccc([n-]5)c(B5OC(C)(C)C(C)(C)O5)c5ccc2[n-]5)C=C4)C=C3)cc(C(C)(C)C)c1.[Zn+2]. The Hall–Kier alpha value is -4.37. The molecule has 0 unspecified atom stereocenters. The molecule has 2 fully saturated rings. The van der Waals surface area contributed by atoms with E-state index in [0.717, 1.165) is 78.0 Å². The van der Waals surface area contributed by atoms with Gasteiger partial charge < -0.3 is 28.6 Å². The standard InChI is InChI=1S/C60H74B2N4O4.Zn/c1-53(2,3)37-29-35(30-38(33-37)54(4,5)6)49-41-21-25-45(63-41)51(61-67-57(13,14)58(15,16)68-61)47-27-23-43(65-47)50(36-31-39(55(7,8)9)34-40(32-36)56(10,11)12)44-24-28-48(66-44)52(46-26-22-42(49)64-46)62-69-59(17,18)60(19,20)70-62;/h21-34H,1-20H3;/q-2;+2. The first-order chi connectivity index (χ1) is 32.1. The molecule has 2 aromatic carbocycles. The molecule has 7 heterocycles. The molecule has 11 heteroatoms. The zero-order chi connectivity index (χ0) is 51.1. The van der Waals surface area contributed by atoms with E-state index in [2.05, 4.69) is 223 Å². The van der Waals surface area contributed by atoms with Crippen molar-refractivity contribution in [2.24, 2.45) is 0 Å². The van der Waals surface area contributed by atoms with Gasteiger partial charge in [-0.05, 0) is 151 Å². The zero-order valence-corrected chi connectivity index (χ0v) is 49.3. The second-order valence-electron chi connectivity index (χ2n) is 26.2. The molecule has 8 bridgehead atoms. The summed E-state index contributed by atoms with van der Waals surface area (Å²) in [5, 5.41) is 0. The Balaban J connectivity index is 0.00000676. The molecular weight excluding hydrogens is 928 g/mol. The predicted octanol–water partition coefficient (Wildman–Crippen LogP) is 13.0. The van der Waals surface area contributed by atoms with Crippen LogP contribution in [0.2, 0.25) is 0 Å². The molecular formula is C60H74B2N4O4Zn. The topological polar surface area (TPSA) is 90.9 Å². The average molecular weight is 1000 g/mol. The zero-order valence-electron chi connectivity index (χ0n) is 46.4. The van der Waals surface area contributed by atoms with Gasteiger partial charge in [-0.2, -0.15) is 0 Å². The monoisotopic (exact) mass is 1000 g/mol. The third kappa shape index (κ3) is 9.69. The van der Waals surface area contributed by atoms with E-state index in [1.165, 1.54) is 22.3 Å². The molecule has 2 saturated heterocycles. The quantitative estimate of drug-likeness (QED) is 0.161. The summed E-state index contributed by atoms with van der Waals surface area (Å²) < 4.78 is 27.6. The molecule has 0 aliphatic carbocycles. The summed E-state index contributed by atoms with van der Waals surface area (Å²) in [6.45, 7) is 44.0. The van der Waals surface area contributed by atoms with Gasteiger partial charge in [0.05, 0.1) is 45.2 Å². The number of benzene rings is 2. The van der Waals surface area contributed by atoms with Gasteiger partial charge in [-0.15, -0.1) is 22.1 Å². The number of nitrogens with zero attached hydrogens (tertiary/aromatic N) is 4. The van der Waals surface area contributed by atoms with Gasteiger partial charge in [-0.3, -0.25) is 0 Å². The minimum absolute atomic E-state index is 0. The van der Waals surface area contributed by atoms with E-state index >= 15 is 0 Å². The average Bonchev–Trinajstić information content (AvgIpc) is 4.09. The molecule has 4 aliphatic rings. The molecule has 3 aromatic heterocycles. The van der Waals surface area contributed by atoms with Crippen LogP contribution in [0.4, 0.5) is 0 Å². The van der Waals surface area contributed by atoms with Crippen LogP contribution in [0.25, 0.3) is 68.6 Å². The van der Waals surface area contributed by atoms with Crippen molar-refractivity contribution in [1.29, 1.82) is 0 Å². The van der Waals surface area contributed by atoms with Gasteiger partial charge in [0.25, 0.3) is 0 Å². The number of hydrogen-bond donors (Lipinski definition) is 0. The fourth-order valence-corrected chi connectivity index (χ4v) is 9.40. The maximum atomic E-state index is 6.91. The first kappa shape index (κ1) is 52.9. The van der Waals surface area contributed by atoms with Crippen molar-refractivity contribution in [3.05, 3.63) is 106 Å². The van der Waals surface area contributed by atoms with E-state index in [9.17, 15) is 0 Å². The molecule has 0 N–H and O–H groups in total. The second kappa shape index (κ2) is 17.4. The normalized spacial score (nSPS) is 18.4. The number of rotatable bonds is 4. The van der Waals surface area contributed by atoms with Gasteiger partial charge in [0.2, 0.25) is 0 Å². The molecule has 0 atom stereocenters. The Morgan fingerprint density at radius 1 is 0.380 bits per heavy atom. The second-order valence-corrected chi connectivity index (χ2v) is 26.2. The first-order valence-corrected chi connectivity index (χ1v) is 25.2.